The molecule has 2 amide bonds. The highest BCUT2D eigenvalue weighted by molar-refractivity contribution is 5.95. The van der Waals surface area contributed by atoms with E-state index < -0.39 is 6.03 Å². The number of aromatic nitrogens is 1. The first-order valence-electron chi connectivity index (χ1n) is 10.9. The van der Waals surface area contributed by atoms with E-state index >= 15 is 0 Å². The second kappa shape index (κ2) is 9.75. The van der Waals surface area contributed by atoms with E-state index in [1.807, 2.05) is 53.2 Å². The fourth-order valence-corrected chi connectivity index (χ4v) is 4.33. The van der Waals surface area contributed by atoms with E-state index in [2.05, 4.69) is 21.9 Å². The van der Waals surface area contributed by atoms with Crippen LogP contribution in [-0.4, -0.2) is 61.7 Å². The number of primary amides is 1. The Bertz CT molecular complexity index is 1010. The number of benzene rings is 1. The Hall–Kier alpha value is -3.19. The molecule has 0 atom stereocenters. The van der Waals surface area contributed by atoms with Crippen LogP contribution in [0, 0.1) is 0 Å². The minimum absolute atomic E-state index is 0.401. The lowest BCUT2D eigenvalue weighted by Gasteiger charge is -2.36. The number of para-hydroxylation sites is 2. The van der Waals surface area contributed by atoms with Gasteiger partial charge in [0.25, 0.3) is 0 Å². The van der Waals surface area contributed by atoms with Gasteiger partial charge in [-0.1, -0.05) is 18.2 Å². The number of urea groups is 1. The molecule has 1 aromatic carbocycles. The van der Waals surface area contributed by atoms with Crippen LogP contribution in [0.15, 0.2) is 60.9 Å². The van der Waals surface area contributed by atoms with Crippen molar-refractivity contribution in [3.63, 3.8) is 0 Å². The first-order chi connectivity index (χ1) is 15.2. The number of carbonyl (C=O) groups excluding carboxylic acids is 1. The molecule has 2 aromatic heterocycles. The summed E-state index contributed by atoms with van der Waals surface area (Å²) in [4.78, 5) is 18.6. The molecule has 164 valence electrons. The second-order valence-corrected chi connectivity index (χ2v) is 7.89. The summed E-state index contributed by atoms with van der Waals surface area (Å²) in [6.07, 6.45) is 5.88. The number of amides is 2. The molecule has 1 saturated heterocycles. The van der Waals surface area contributed by atoms with E-state index in [4.69, 9.17) is 10.5 Å². The molecule has 3 heterocycles. The predicted molar refractivity (Wildman–Crippen MR) is 125 cm³/mol. The van der Waals surface area contributed by atoms with Gasteiger partial charge in [0.05, 0.1) is 24.0 Å². The van der Waals surface area contributed by atoms with Crippen LogP contribution < -0.4 is 20.3 Å². The van der Waals surface area contributed by atoms with Crippen molar-refractivity contribution in [3.05, 3.63) is 60.9 Å². The number of nitrogens with two attached hydrogens (primary N) is 1. The molecule has 0 bridgehead atoms. The Labute approximate surface area is 183 Å². The second-order valence-electron chi connectivity index (χ2n) is 7.89. The summed E-state index contributed by atoms with van der Waals surface area (Å²) in [5.41, 5.74) is 8.73. The van der Waals surface area contributed by atoms with Crippen LogP contribution in [0.2, 0.25) is 0 Å². The average Bonchev–Trinajstić information content (AvgIpc) is 3.23. The Balaban J connectivity index is 1.26. The van der Waals surface area contributed by atoms with Gasteiger partial charge in [0, 0.05) is 45.1 Å². The maximum atomic E-state index is 12.1. The summed E-state index contributed by atoms with van der Waals surface area (Å²) in [7, 11) is 1.72. The SMILES string of the molecule is COc1ccccc1N1CCN(CCCCN(C(N)=O)c2ccn3ccccc23)CC1. The molecule has 3 aromatic rings. The average molecular weight is 422 g/mol. The minimum Gasteiger partial charge on any atom is -0.495 e. The Kier molecular flexibility index (Phi) is 6.62. The lowest BCUT2D eigenvalue weighted by atomic mass is 10.2. The molecule has 31 heavy (non-hydrogen) atoms. The van der Waals surface area contributed by atoms with Crippen LogP contribution in [0.3, 0.4) is 0 Å². The third-order valence-corrected chi connectivity index (χ3v) is 6.01. The maximum absolute atomic E-state index is 12.1. The van der Waals surface area contributed by atoms with Crippen LogP contribution in [0.4, 0.5) is 16.2 Å². The van der Waals surface area contributed by atoms with Crippen molar-refractivity contribution >= 4 is 22.9 Å². The summed E-state index contributed by atoms with van der Waals surface area (Å²) in [5, 5.41) is 0. The molecule has 7 nitrogen and oxygen atoms in total. The van der Waals surface area contributed by atoms with Crippen molar-refractivity contribution in [3.8, 4) is 5.75 Å². The molecule has 0 radical (unpaired) electrons. The van der Waals surface area contributed by atoms with Crippen LogP contribution in [0.25, 0.3) is 5.52 Å². The molecule has 1 aliphatic heterocycles. The van der Waals surface area contributed by atoms with E-state index in [0.717, 1.165) is 62.5 Å². The number of piperazine rings is 1. The number of hydrogen-bond donors (Lipinski definition) is 1. The van der Waals surface area contributed by atoms with E-state index in [9.17, 15) is 4.79 Å². The zero-order valence-corrected chi connectivity index (χ0v) is 18.1. The number of ether oxygens (including phenoxy) is 1. The lowest BCUT2D eigenvalue weighted by molar-refractivity contribution is 0.248. The maximum Gasteiger partial charge on any atom is 0.319 e. The number of nitrogens with zero attached hydrogens (tertiary/aromatic N) is 4. The number of rotatable bonds is 8. The predicted octanol–water partition coefficient (Wildman–Crippen LogP) is 3.44. The van der Waals surface area contributed by atoms with E-state index in [1.54, 1.807) is 12.0 Å². The summed E-state index contributed by atoms with van der Waals surface area (Å²) < 4.78 is 7.51. The largest absolute Gasteiger partial charge is 0.495 e. The van der Waals surface area contributed by atoms with E-state index in [1.165, 1.54) is 5.69 Å². The van der Waals surface area contributed by atoms with Crippen molar-refractivity contribution in [1.82, 2.24) is 9.30 Å². The van der Waals surface area contributed by atoms with E-state index in [-0.39, 0.29) is 0 Å². The Morgan fingerprint density at radius 3 is 2.55 bits per heavy atom. The fraction of sp³-hybridized carbons (Fsp3) is 0.375. The monoisotopic (exact) mass is 421 g/mol. The number of hydrogen-bond acceptors (Lipinski definition) is 4. The van der Waals surface area contributed by atoms with Crippen LogP contribution in [-0.2, 0) is 0 Å². The Morgan fingerprint density at radius 2 is 1.77 bits per heavy atom. The van der Waals surface area contributed by atoms with Gasteiger partial charge in [-0.05, 0) is 49.7 Å². The quantitative estimate of drug-likeness (QED) is 0.566. The highest BCUT2D eigenvalue weighted by atomic mass is 16.5. The van der Waals surface area contributed by atoms with Gasteiger partial charge in [-0.15, -0.1) is 0 Å². The molecule has 0 unspecified atom stereocenters. The van der Waals surface area contributed by atoms with Crippen molar-refractivity contribution in [2.24, 2.45) is 5.73 Å². The number of fused-ring (bicyclic) bond motifs is 1. The molecular weight excluding hydrogens is 390 g/mol. The van der Waals surface area contributed by atoms with Gasteiger partial charge < -0.3 is 19.8 Å². The highest BCUT2D eigenvalue weighted by Crippen LogP contribution is 2.28. The molecule has 1 fully saturated rings. The topological polar surface area (TPSA) is 66.5 Å². The standard InChI is InChI=1S/C24H31N5O2/c1-31-23-10-3-2-9-22(23)28-18-16-26(17-19-28)12-6-7-14-29(24(25)30)21-11-15-27-13-5-4-8-20(21)27/h2-5,8-11,13,15H,6-7,12,14,16-19H2,1H3,(H2,25,30). The third kappa shape index (κ3) is 4.77. The molecular formula is C24H31N5O2. The number of methoxy groups -OCH3 is 1. The van der Waals surface area contributed by atoms with Gasteiger partial charge in [-0.3, -0.25) is 9.80 Å². The van der Waals surface area contributed by atoms with Gasteiger partial charge in [0.2, 0.25) is 0 Å². The first-order valence-corrected chi connectivity index (χ1v) is 10.9. The summed E-state index contributed by atoms with van der Waals surface area (Å²) in [5.74, 6) is 0.931. The molecule has 4 rings (SSSR count). The van der Waals surface area contributed by atoms with Gasteiger partial charge in [-0.25, -0.2) is 4.79 Å². The van der Waals surface area contributed by atoms with Crippen molar-refractivity contribution < 1.29 is 9.53 Å². The normalized spacial score (nSPS) is 14.7. The van der Waals surface area contributed by atoms with Gasteiger partial charge in [-0.2, -0.15) is 0 Å². The number of anilines is 2. The molecule has 0 saturated carbocycles. The minimum atomic E-state index is -0.401. The molecule has 2 N–H and O–H groups in total. The van der Waals surface area contributed by atoms with E-state index in [0.29, 0.717) is 6.54 Å². The van der Waals surface area contributed by atoms with Crippen molar-refractivity contribution in [2.75, 3.05) is 56.2 Å². The lowest BCUT2D eigenvalue weighted by Crippen LogP contribution is -2.46. The summed E-state index contributed by atoms with van der Waals surface area (Å²) in [6.45, 7) is 5.70. The fourth-order valence-electron chi connectivity index (χ4n) is 4.33. The van der Waals surface area contributed by atoms with Crippen molar-refractivity contribution in [2.45, 2.75) is 12.8 Å². The van der Waals surface area contributed by atoms with Crippen LogP contribution >= 0.6 is 0 Å². The summed E-state index contributed by atoms with van der Waals surface area (Å²) in [6, 6.07) is 15.7. The smallest absolute Gasteiger partial charge is 0.319 e. The zero-order chi connectivity index (χ0) is 21.6. The van der Waals surface area contributed by atoms with Gasteiger partial charge in [0.1, 0.15) is 5.75 Å². The number of unbranched alkanes of at least 4 members (excludes halogenated alkanes) is 1. The molecule has 0 aliphatic carbocycles. The zero-order valence-electron chi connectivity index (χ0n) is 18.1. The number of carbonyl (C=O) groups is 1. The number of pyridine rings is 1. The third-order valence-electron chi connectivity index (χ3n) is 6.01. The van der Waals surface area contributed by atoms with Crippen LogP contribution in [0.5, 0.6) is 5.75 Å². The summed E-state index contributed by atoms with van der Waals surface area (Å²) >= 11 is 0. The van der Waals surface area contributed by atoms with Crippen molar-refractivity contribution in [1.29, 1.82) is 0 Å². The van der Waals surface area contributed by atoms with Gasteiger partial charge >= 0.3 is 6.03 Å². The van der Waals surface area contributed by atoms with Crippen LogP contribution in [0.1, 0.15) is 12.8 Å². The molecule has 0 spiro atoms. The Morgan fingerprint density at radius 1 is 1.00 bits per heavy atom. The first kappa shape index (κ1) is 21.1. The molecule has 1 aliphatic rings. The molecule has 7 heteroatoms. The van der Waals surface area contributed by atoms with Gasteiger partial charge in [0.15, 0.2) is 0 Å². The highest BCUT2D eigenvalue weighted by Gasteiger charge is 2.20.